The van der Waals surface area contributed by atoms with Gasteiger partial charge in [-0.25, -0.2) is 0 Å². The molecule has 1 aliphatic rings. The molecule has 2 N–H and O–H groups in total. The summed E-state index contributed by atoms with van der Waals surface area (Å²) in [5, 5.41) is 17.0. The average molecular weight is 209 g/mol. The molecule has 1 fully saturated rings. The van der Waals surface area contributed by atoms with Crippen LogP contribution in [0.2, 0.25) is 0 Å². The molecule has 0 aliphatic heterocycles. The van der Waals surface area contributed by atoms with Crippen molar-refractivity contribution in [3.05, 3.63) is 17.0 Å². The van der Waals surface area contributed by atoms with E-state index in [1.807, 2.05) is 18.7 Å². The smallest absolute Gasteiger partial charge is 0.0641 e. The van der Waals surface area contributed by atoms with Crippen LogP contribution < -0.4 is 5.32 Å². The van der Waals surface area contributed by atoms with Gasteiger partial charge in [-0.3, -0.25) is 4.68 Å². The SMILES string of the molecule is Cc1nn(C)c(C)c1CNC1CC(O)C1. The van der Waals surface area contributed by atoms with Crippen LogP contribution in [0, 0.1) is 13.8 Å². The Hall–Kier alpha value is -0.870. The molecule has 4 heteroatoms. The van der Waals surface area contributed by atoms with Gasteiger partial charge in [-0.2, -0.15) is 5.10 Å². The number of rotatable bonds is 3. The lowest BCUT2D eigenvalue weighted by Crippen LogP contribution is -2.43. The van der Waals surface area contributed by atoms with E-state index >= 15 is 0 Å². The van der Waals surface area contributed by atoms with E-state index in [9.17, 15) is 5.11 Å². The Morgan fingerprint density at radius 2 is 2.13 bits per heavy atom. The highest BCUT2D eigenvalue weighted by Gasteiger charge is 2.26. The number of nitrogens with one attached hydrogen (secondary N) is 1. The Morgan fingerprint density at radius 3 is 2.60 bits per heavy atom. The first-order valence-corrected chi connectivity index (χ1v) is 5.48. The summed E-state index contributed by atoms with van der Waals surface area (Å²) in [5.41, 5.74) is 3.61. The molecule has 0 unspecified atom stereocenters. The first-order chi connectivity index (χ1) is 7.08. The fraction of sp³-hybridized carbons (Fsp3) is 0.727. The minimum atomic E-state index is -0.0846. The second kappa shape index (κ2) is 3.94. The molecule has 4 nitrogen and oxygen atoms in total. The molecule has 2 rings (SSSR count). The Kier molecular flexibility index (Phi) is 2.80. The standard InChI is InChI=1S/C11H19N3O/c1-7-11(8(2)14(3)13-7)6-12-9-4-10(15)5-9/h9-10,12,15H,4-6H2,1-3H3. The van der Waals surface area contributed by atoms with E-state index in [0.29, 0.717) is 6.04 Å². The third-order valence-electron chi connectivity index (χ3n) is 3.34. The van der Waals surface area contributed by atoms with Gasteiger partial charge in [0.05, 0.1) is 11.8 Å². The van der Waals surface area contributed by atoms with Gasteiger partial charge in [-0.05, 0) is 26.7 Å². The van der Waals surface area contributed by atoms with Gasteiger partial charge >= 0.3 is 0 Å². The van der Waals surface area contributed by atoms with Gasteiger partial charge in [-0.15, -0.1) is 0 Å². The minimum Gasteiger partial charge on any atom is -0.393 e. The number of aliphatic hydroxyl groups is 1. The monoisotopic (exact) mass is 209 g/mol. The molecule has 0 atom stereocenters. The number of hydrogen-bond donors (Lipinski definition) is 2. The summed E-state index contributed by atoms with van der Waals surface area (Å²) >= 11 is 0. The zero-order valence-electron chi connectivity index (χ0n) is 9.62. The van der Waals surface area contributed by atoms with Crippen molar-refractivity contribution in [2.75, 3.05) is 0 Å². The molecule has 1 aromatic heterocycles. The van der Waals surface area contributed by atoms with Crippen LogP contribution in [0.4, 0.5) is 0 Å². The van der Waals surface area contributed by atoms with Crippen LogP contribution in [0.3, 0.4) is 0 Å². The molecule has 1 aromatic rings. The maximum Gasteiger partial charge on any atom is 0.0641 e. The maximum atomic E-state index is 9.17. The molecule has 1 aliphatic carbocycles. The molecule has 0 spiro atoms. The number of nitrogens with zero attached hydrogens (tertiary/aromatic N) is 2. The van der Waals surface area contributed by atoms with Crippen LogP contribution >= 0.6 is 0 Å². The van der Waals surface area contributed by atoms with Crippen molar-refractivity contribution >= 4 is 0 Å². The van der Waals surface area contributed by atoms with E-state index in [0.717, 1.165) is 25.1 Å². The van der Waals surface area contributed by atoms with Crippen molar-refractivity contribution < 1.29 is 5.11 Å². The minimum absolute atomic E-state index is 0.0846. The first-order valence-electron chi connectivity index (χ1n) is 5.48. The fourth-order valence-corrected chi connectivity index (χ4v) is 2.07. The van der Waals surface area contributed by atoms with Crippen LogP contribution in [-0.2, 0) is 13.6 Å². The second-order valence-corrected chi connectivity index (χ2v) is 4.48. The molecular weight excluding hydrogens is 190 g/mol. The Labute approximate surface area is 90.3 Å². The van der Waals surface area contributed by atoms with Gasteiger partial charge in [0.2, 0.25) is 0 Å². The Balaban J connectivity index is 1.93. The lowest BCUT2D eigenvalue weighted by molar-refractivity contribution is 0.0619. The molecular formula is C11H19N3O. The Morgan fingerprint density at radius 1 is 1.47 bits per heavy atom. The van der Waals surface area contributed by atoms with E-state index in [4.69, 9.17) is 0 Å². The third kappa shape index (κ3) is 2.06. The van der Waals surface area contributed by atoms with Crippen LogP contribution in [0.25, 0.3) is 0 Å². The molecule has 84 valence electrons. The molecule has 1 saturated carbocycles. The lowest BCUT2D eigenvalue weighted by atomic mass is 9.89. The molecule has 15 heavy (non-hydrogen) atoms. The highest BCUT2D eigenvalue weighted by Crippen LogP contribution is 2.20. The number of aromatic nitrogens is 2. The molecule has 0 saturated heterocycles. The highest BCUT2D eigenvalue weighted by atomic mass is 16.3. The van der Waals surface area contributed by atoms with Gasteiger partial charge < -0.3 is 10.4 Å². The van der Waals surface area contributed by atoms with Gasteiger partial charge in [0.25, 0.3) is 0 Å². The summed E-state index contributed by atoms with van der Waals surface area (Å²) in [4.78, 5) is 0. The van der Waals surface area contributed by atoms with Crippen molar-refractivity contribution in [3.8, 4) is 0 Å². The lowest BCUT2D eigenvalue weighted by Gasteiger charge is -2.32. The van der Waals surface area contributed by atoms with Gasteiger partial charge in [0.1, 0.15) is 0 Å². The van der Waals surface area contributed by atoms with Crippen LogP contribution in [0.15, 0.2) is 0 Å². The van der Waals surface area contributed by atoms with E-state index in [-0.39, 0.29) is 6.10 Å². The van der Waals surface area contributed by atoms with Crippen LogP contribution in [0.1, 0.15) is 29.8 Å². The largest absolute Gasteiger partial charge is 0.393 e. The van der Waals surface area contributed by atoms with Gasteiger partial charge in [0, 0.05) is 30.9 Å². The summed E-state index contributed by atoms with van der Waals surface area (Å²) in [5.74, 6) is 0. The van der Waals surface area contributed by atoms with Crippen molar-refractivity contribution in [2.45, 2.75) is 45.4 Å². The zero-order chi connectivity index (χ0) is 11.0. The number of aliphatic hydroxyl groups excluding tert-OH is 1. The summed E-state index contributed by atoms with van der Waals surface area (Å²) in [6.07, 6.45) is 1.69. The fourth-order valence-electron chi connectivity index (χ4n) is 2.07. The normalized spacial score (nSPS) is 25.3. The van der Waals surface area contributed by atoms with E-state index < -0.39 is 0 Å². The molecule has 0 bridgehead atoms. The first kappa shape index (κ1) is 10.6. The van der Waals surface area contributed by atoms with E-state index in [2.05, 4.69) is 17.3 Å². The van der Waals surface area contributed by atoms with E-state index in [1.165, 1.54) is 11.3 Å². The zero-order valence-corrected chi connectivity index (χ0v) is 9.62. The van der Waals surface area contributed by atoms with E-state index in [1.54, 1.807) is 0 Å². The predicted molar refractivity (Wildman–Crippen MR) is 58.6 cm³/mol. The maximum absolute atomic E-state index is 9.17. The highest BCUT2D eigenvalue weighted by molar-refractivity contribution is 5.24. The topological polar surface area (TPSA) is 50.1 Å². The van der Waals surface area contributed by atoms with Gasteiger partial charge in [0.15, 0.2) is 0 Å². The molecule has 0 amide bonds. The molecule has 0 aromatic carbocycles. The Bertz CT molecular complexity index is 353. The summed E-state index contributed by atoms with van der Waals surface area (Å²) in [6.45, 7) is 5.00. The van der Waals surface area contributed by atoms with Crippen LogP contribution in [0.5, 0.6) is 0 Å². The second-order valence-electron chi connectivity index (χ2n) is 4.48. The summed E-state index contributed by atoms with van der Waals surface area (Å²) < 4.78 is 1.92. The quantitative estimate of drug-likeness (QED) is 0.768. The number of hydrogen-bond acceptors (Lipinski definition) is 3. The summed E-state index contributed by atoms with van der Waals surface area (Å²) in [6, 6.07) is 0.485. The van der Waals surface area contributed by atoms with Crippen molar-refractivity contribution in [3.63, 3.8) is 0 Å². The van der Waals surface area contributed by atoms with Crippen molar-refractivity contribution in [1.82, 2.24) is 15.1 Å². The number of aryl methyl sites for hydroxylation is 2. The van der Waals surface area contributed by atoms with Crippen molar-refractivity contribution in [1.29, 1.82) is 0 Å². The third-order valence-corrected chi connectivity index (χ3v) is 3.34. The molecule has 0 radical (unpaired) electrons. The molecule has 1 heterocycles. The average Bonchev–Trinajstić information content (AvgIpc) is 2.36. The summed E-state index contributed by atoms with van der Waals surface area (Å²) in [7, 11) is 1.97. The van der Waals surface area contributed by atoms with Crippen LogP contribution in [-0.4, -0.2) is 27.0 Å². The van der Waals surface area contributed by atoms with Gasteiger partial charge in [-0.1, -0.05) is 0 Å². The predicted octanol–water partition coefficient (Wildman–Crippen LogP) is 0.650. The van der Waals surface area contributed by atoms with Crippen molar-refractivity contribution in [2.24, 2.45) is 7.05 Å².